The van der Waals surface area contributed by atoms with Gasteiger partial charge in [0, 0.05) is 5.41 Å². The number of fused-ring (bicyclic) bond motifs is 7. The van der Waals surface area contributed by atoms with E-state index in [0.717, 1.165) is 38.5 Å². The maximum atomic E-state index is 11.7. The first kappa shape index (κ1) is 26.2. The van der Waals surface area contributed by atoms with Gasteiger partial charge in [-0.05, 0) is 90.8 Å². The van der Waals surface area contributed by atoms with Crippen LogP contribution in [0.25, 0.3) is 0 Å². The third-order valence-electron chi connectivity index (χ3n) is 13.3. The van der Waals surface area contributed by atoms with Crippen LogP contribution in [0.1, 0.15) is 92.9 Å². The lowest BCUT2D eigenvalue weighted by Gasteiger charge is -2.72. The number of rotatable bonds is 2. The summed E-state index contributed by atoms with van der Waals surface area (Å²) in [5, 5.41) is 55.1. The van der Waals surface area contributed by atoms with Crippen LogP contribution in [0.5, 0.6) is 0 Å². The summed E-state index contributed by atoms with van der Waals surface area (Å²) >= 11 is 0. The molecule has 35 heavy (non-hydrogen) atoms. The molecule has 4 saturated carbocycles. The Labute approximate surface area is 212 Å². The van der Waals surface area contributed by atoms with Crippen molar-refractivity contribution in [3.05, 3.63) is 11.6 Å². The van der Waals surface area contributed by atoms with Crippen molar-refractivity contribution in [2.24, 2.45) is 50.2 Å². The van der Waals surface area contributed by atoms with E-state index >= 15 is 0 Å². The highest BCUT2D eigenvalue weighted by Gasteiger charge is 2.71. The highest BCUT2D eigenvalue weighted by molar-refractivity contribution is 5.35. The van der Waals surface area contributed by atoms with Crippen molar-refractivity contribution in [1.29, 1.82) is 0 Å². The smallest absolute Gasteiger partial charge is 0.0657 e. The molecule has 0 aromatic rings. The fraction of sp³-hybridized carbons (Fsp3) is 0.933. The molecule has 0 spiro atoms. The van der Waals surface area contributed by atoms with Gasteiger partial charge in [-0.25, -0.2) is 0 Å². The number of hydrogen-bond acceptors (Lipinski definition) is 5. The van der Waals surface area contributed by atoms with E-state index in [9.17, 15) is 25.5 Å². The molecule has 0 aromatic carbocycles. The molecule has 200 valence electrons. The number of hydrogen-bond donors (Lipinski definition) is 5. The van der Waals surface area contributed by atoms with Crippen LogP contribution in [0.4, 0.5) is 0 Å². The summed E-state index contributed by atoms with van der Waals surface area (Å²) in [6.07, 6.45) is 7.18. The Kier molecular flexibility index (Phi) is 5.82. The van der Waals surface area contributed by atoms with Gasteiger partial charge in [-0.3, -0.25) is 0 Å². The van der Waals surface area contributed by atoms with Gasteiger partial charge in [0.25, 0.3) is 0 Å². The fourth-order valence-electron chi connectivity index (χ4n) is 11.0. The zero-order chi connectivity index (χ0) is 25.8. The summed E-state index contributed by atoms with van der Waals surface area (Å²) < 4.78 is 0. The molecule has 5 aliphatic rings. The minimum absolute atomic E-state index is 0.0105. The Balaban J connectivity index is 1.62. The predicted octanol–water partition coefficient (Wildman–Crippen LogP) is 4.06. The fourth-order valence-corrected chi connectivity index (χ4v) is 11.0. The van der Waals surface area contributed by atoms with E-state index in [1.165, 1.54) is 5.57 Å². The minimum Gasteiger partial charge on any atom is -0.396 e. The van der Waals surface area contributed by atoms with Crippen molar-refractivity contribution >= 4 is 0 Å². The summed E-state index contributed by atoms with van der Waals surface area (Å²) in [6, 6.07) is 0. The van der Waals surface area contributed by atoms with Gasteiger partial charge in [0.2, 0.25) is 0 Å². The molecule has 4 fully saturated rings. The molecule has 5 N–H and O–H groups in total. The zero-order valence-corrected chi connectivity index (χ0v) is 22.8. The summed E-state index contributed by atoms with van der Waals surface area (Å²) in [5.74, 6) is 0.635. The Morgan fingerprint density at radius 2 is 1.43 bits per heavy atom. The molecule has 0 amide bonds. The van der Waals surface area contributed by atoms with Gasteiger partial charge in [0.1, 0.15) is 0 Å². The lowest BCUT2D eigenvalue weighted by Crippen LogP contribution is -2.69. The largest absolute Gasteiger partial charge is 0.396 e. The third-order valence-corrected chi connectivity index (χ3v) is 13.3. The van der Waals surface area contributed by atoms with Crippen LogP contribution in [-0.2, 0) is 0 Å². The van der Waals surface area contributed by atoms with Crippen LogP contribution >= 0.6 is 0 Å². The number of aliphatic hydroxyl groups excluding tert-OH is 5. The van der Waals surface area contributed by atoms with Gasteiger partial charge >= 0.3 is 0 Å². The highest BCUT2D eigenvalue weighted by atomic mass is 16.3. The highest BCUT2D eigenvalue weighted by Crippen LogP contribution is 2.75. The standard InChI is InChI=1S/C30H50O5/c1-25(2)13-19-18-7-8-21-26(3)11-10-22(33)27(4,16-31)20(26)9-12-28(21,5)29(18,6)15-24(35)30(19,17-32)23(34)14-25/h7,19-24,31-35H,8-17H2,1-6H3. The first-order chi connectivity index (χ1) is 16.2. The number of aliphatic hydroxyl groups is 5. The van der Waals surface area contributed by atoms with Gasteiger partial charge in [-0.1, -0.05) is 53.2 Å². The topological polar surface area (TPSA) is 101 Å². The second kappa shape index (κ2) is 7.79. The average Bonchev–Trinajstić information content (AvgIpc) is 2.76. The zero-order valence-electron chi connectivity index (χ0n) is 22.8. The van der Waals surface area contributed by atoms with E-state index in [1.807, 2.05) is 0 Å². The molecule has 5 nitrogen and oxygen atoms in total. The van der Waals surface area contributed by atoms with Crippen molar-refractivity contribution in [2.45, 2.75) is 111 Å². The summed E-state index contributed by atoms with van der Waals surface area (Å²) in [7, 11) is 0. The SMILES string of the molecule is CC1(C)CC(O)C2(CO)C(O)CC3(C)C(=CCC4C5(C)CCC(O)C(C)(CO)C5CCC43C)C2C1. The summed E-state index contributed by atoms with van der Waals surface area (Å²) in [4.78, 5) is 0. The molecular formula is C30H50O5. The normalized spacial score (nSPS) is 57.3. The van der Waals surface area contributed by atoms with Gasteiger partial charge in [0.05, 0.1) is 36.9 Å². The van der Waals surface area contributed by atoms with Crippen LogP contribution in [0.2, 0.25) is 0 Å². The van der Waals surface area contributed by atoms with Gasteiger partial charge in [-0.15, -0.1) is 0 Å². The van der Waals surface area contributed by atoms with Crippen LogP contribution < -0.4 is 0 Å². The summed E-state index contributed by atoms with van der Waals surface area (Å²) in [6.45, 7) is 13.5. The monoisotopic (exact) mass is 490 g/mol. The van der Waals surface area contributed by atoms with Gasteiger partial charge < -0.3 is 25.5 Å². The van der Waals surface area contributed by atoms with Crippen molar-refractivity contribution in [3.63, 3.8) is 0 Å². The Bertz CT molecular complexity index is 899. The molecule has 0 bridgehead atoms. The molecule has 0 radical (unpaired) electrons. The van der Waals surface area contributed by atoms with E-state index in [0.29, 0.717) is 18.8 Å². The van der Waals surface area contributed by atoms with Gasteiger partial charge in [0.15, 0.2) is 0 Å². The van der Waals surface area contributed by atoms with E-state index in [1.54, 1.807) is 0 Å². The Morgan fingerprint density at radius 1 is 0.771 bits per heavy atom. The van der Waals surface area contributed by atoms with E-state index in [4.69, 9.17) is 0 Å². The first-order valence-electron chi connectivity index (χ1n) is 14.1. The Morgan fingerprint density at radius 3 is 2.06 bits per heavy atom. The van der Waals surface area contributed by atoms with Crippen LogP contribution in [-0.4, -0.2) is 57.1 Å². The van der Waals surface area contributed by atoms with Crippen molar-refractivity contribution in [3.8, 4) is 0 Å². The van der Waals surface area contributed by atoms with Crippen LogP contribution in [0.15, 0.2) is 11.6 Å². The number of allylic oxidation sites excluding steroid dienone is 2. The maximum absolute atomic E-state index is 11.7. The van der Waals surface area contributed by atoms with Crippen LogP contribution in [0.3, 0.4) is 0 Å². The predicted molar refractivity (Wildman–Crippen MR) is 136 cm³/mol. The van der Waals surface area contributed by atoms with Crippen LogP contribution in [0, 0.1) is 50.2 Å². The van der Waals surface area contributed by atoms with Crippen molar-refractivity contribution in [1.82, 2.24) is 0 Å². The third kappa shape index (κ3) is 3.05. The molecule has 0 aromatic heterocycles. The molecule has 5 aliphatic carbocycles. The lowest BCUT2D eigenvalue weighted by molar-refractivity contribution is -0.240. The second-order valence-corrected chi connectivity index (χ2v) is 15.1. The second-order valence-electron chi connectivity index (χ2n) is 15.1. The molecule has 5 rings (SSSR count). The minimum atomic E-state index is -0.879. The lowest BCUT2D eigenvalue weighted by atomic mass is 9.33. The van der Waals surface area contributed by atoms with Crippen molar-refractivity contribution in [2.75, 3.05) is 13.2 Å². The molecular weight excluding hydrogens is 440 g/mol. The summed E-state index contributed by atoms with van der Waals surface area (Å²) in [5.41, 5.74) is -0.279. The average molecular weight is 491 g/mol. The van der Waals surface area contributed by atoms with E-state index in [2.05, 4.69) is 47.6 Å². The Hall–Kier alpha value is -0.460. The molecule has 0 saturated heterocycles. The van der Waals surface area contributed by atoms with E-state index < -0.39 is 29.1 Å². The molecule has 11 unspecified atom stereocenters. The first-order valence-corrected chi connectivity index (χ1v) is 14.1. The molecule has 11 atom stereocenters. The molecule has 5 heteroatoms. The maximum Gasteiger partial charge on any atom is 0.0657 e. The molecule has 0 heterocycles. The quantitative estimate of drug-likeness (QED) is 0.376. The van der Waals surface area contributed by atoms with Crippen molar-refractivity contribution < 1.29 is 25.5 Å². The van der Waals surface area contributed by atoms with Gasteiger partial charge in [-0.2, -0.15) is 0 Å². The van der Waals surface area contributed by atoms with E-state index in [-0.39, 0.29) is 46.7 Å². The molecule has 0 aliphatic heterocycles.